The number of sulfone groups is 1. The minimum absolute atomic E-state index is 0.0161. The van der Waals surface area contributed by atoms with Crippen LogP contribution in [0.5, 0.6) is 5.75 Å². The molecule has 3 aliphatic rings. The number of alkyl halides is 2. The summed E-state index contributed by atoms with van der Waals surface area (Å²) in [5.74, 6) is 0.290. The Morgan fingerprint density at radius 2 is 1.70 bits per heavy atom. The van der Waals surface area contributed by atoms with E-state index in [1.54, 1.807) is 12.1 Å². The Labute approximate surface area is 248 Å². The second-order valence-corrected chi connectivity index (χ2v) is 13.8. The summed E-state index contributed by atoms with van der Waals surface area (Å²) >= 11 is 0. The van der Waals surface area contributed by atoms with E-state index in [0.29, 0.717) is 61.7 Å². The molecule has 6 rings (SSSR count). The van der Waals surface area contributed by atoms with Crippen molar-refractivity contribution in [2.45, 2.75) is 56.6 Å². The molecule has 0 bridgehead atoms. The molecule has 2 aliphatic carbocycles. The number of nitrogens with one attached hydrogen (secondary N) is 1. The van der Waals surface area contributed by atoms with Gasteiger partial charge in [0.05, 0.1) is 17.6 Å². The number of ether oxygens (including phenoxy) is 1. The van der Waals surface area contributed by atoms with Crippen LogP contribution in [-0.4, -0.2) is 56.1 Å². The van der Waals surface area contributed by atoms with E-state index >= 15 is 0 Å². The van der Waals surface area contributed by atoms with Crippen molar-refractivity contribution in [2.75, 3.05) is 29.5 Å². The van der Waals surface area contributed by atoms with Crippen LogP contribution in [0.3, 0.4) is 0 Å². The van der Waals surface area contributed by atoms with Crippen LogP contribution in [0.1, 0.15) is 50.2 Å². The zero-order valence-electron chi connectivity index (χ0n) is 23.5. The molecule has 1 aliphatic heterocycles. The van der Waals surface area contributed by atoms with Crippen molar-refractivity contribution in [1.82, 2.24) is 10.3 Å². The number of carbonyl (C=O) groups excluding carboxylic acids is 1. The van der Waals surface area contributed by atoms with Crippen LogP contribution in [0.4, 0.5) is 14.5 Å². The number of hydrogen-bond acceptors (Lipinski definition) is 8. The summed E-state index contributed by atoms with van der Waals surface area (Å²) in [5, 5.41) is 12.5. The molecule has 3 fully saturated rings. The molecule has 1 N–H and O–H groups in total. The first-order chi connectivity index (χ1) is 20.7. The topological polar surface area (TPSA) is 126 Å². The van der Waals surface area contributed by atoms with Gasteiger partial charge in [-0.3, -0.25) is 4.79 Å². The number of hydrogen-bond donors (Lipinski definition) is 1. The molecule has 0 spiro atoms. The number of rotatable bonds is 8. The number of amides is 1. The van der Waals surface area contributed by atoms with Crippen molar-refractivity contribution >= 4 is 21.4 Å². The quantitative estimate of drug-likeness (QED) is 0.365. The summed E-state index contributed by atoms with van der Waals surface area (Å²) in [6.07, 6.45) is 4.45. The summed E-state index contributed by atoms with van der Waals surface area (Å²) in [6.45, 7) is -2.08. The first-order valence-corrected chi connectivity index (χ1v) is 16.3. The van der Waals surface area contributed by atoms with E-state index in [1.807, 2.05) is 29.2 Å². The van der Waals surface area contributed by atoms with Crippen molar-refractivity contribution in [3.8, 4) is 34.5 Å². The molecule has 2 heterocycles. The van der Waals surface area contributed by atoms with Crippen molar-refractivity contribution in [2.24, 2.45) is 5.92 Å². The molecule has 2 atom stereocenters. The predicted molar refractivity (Wildman–Crippen MR) is 155 cm³/mol. The molecule has 1 saturated heterocycles. The number of aromatic nitrogens is 1. The summed E-state index contributed by atoms with van der Waals surface area (Å²) < 4.78 is 60.0. The maximum Gasteiger partial charge on any atom is 0.387 e. The van der Waals surface area contributed by atoms with Gasteiger partial charge in [0, 0.05) is 41.7 Å². The lowest BCUT2D eigenvalue weighted by molar-refractivity contribution is -0.127. The average Bonchev–Trinajstić information content (AvgIpc) is 3.64. The number of halogens is 2. The second kappa shape index (κ2) is 11.6. The highest BCUT2D eigenvalue weighted by Gasteiger charge is 2.47. The summed E-state index contributed by atoms with van der Waals surface area (Å²) in [4.78, 5) is 20.3. The zero-order valence-corrected chi connectivity index (χ0v) is 24.3. The van der Waals surface area contributed by atoms with Gasteiger partial charge in [-0.15, -0.1) is 0 Å². The van der Waals surface area contributed by atoms with Gasteiger partial charge in [-0.25, -0.2) is 13.4 Å². The highest BCUT2D eigenvalue weighted by Crippen LogP contribution is 2.45. The van der Waals surface area contributed by atoms with E-state index in [4.69, 9.17) is 9.40 Å². The molecule has 1 aromatic heterocycles. The monoisotopic (exact) mass is 610 g/mol. The normalized spacial score (nSPS) is 22.5. The number of oxazole rings is 1. The molecular formula is C31H32F2N4O5S. The molecule has 1 amide bonds. The fourth-order valence-electron chi connectivity index (χ4n) is 5.97. The van der Waals surface area contributed by atoms with Gasteiger partial charge in [0.15, 0.2) is 9.84 Å². The molecule has 0 radical (unpaired) electrons. The van der Waals surface area contributed by atoms with Crippen molar-refractivity contribution in [3.63, 3.8) is 0 Å². The lowest BCUT2D eigenvalue weighted by Crippen LogP contribution is -2.42. The van der Waals surface area contributed by atoms with Crippen LogP contribution in [-0.2, 0) is 14.6 Å². The first kappa shape index (κ1) is 29.1. The van der Waals surface area contributed by atoms with E-state index in [2.05, 4.69) is 16.1 Å². The molecule has 3 aromatic rings. The Balaban J connectivity index is 1.34. The highest BCUT2D eigenvalue weighted by atomic mass is 32.2. The van der Waals surface area contributed by atoms with Crippen molar-refractivity contribution in [3.05, 3.63) is 54.3 Å². The van der Waals surface area contributed by atoms with Crippen LogP contribution < -0.4 is 15.0 Å². The summed E-state index contributed by atoms with van der Waals surface area (Å²) in [6, 6.07) is 16.0. The van der Waals surface area contributed by atoms with E-state index in [-0.39, 0.29) is 29.1 Å². The van der Waals surface area contributed by atoms with Gasteiger partial charge in [-0.1, -0.05) is 25.0 Å². The Bertz CT molecular complexity index is 1620. The van der Waals surface area contributed by atoms with Gasteiger partial charge in [0.1, 0.15) is 22.7 Å². The third kappa shape index (κ3) is 6.37. The molecule has 2 saturated carbocycles. The highest BCUT2D eigenvalue weighted by molar-refractivity contribution is 7.91. The maximum atomic E-state index is 13.5. The van der Waals surface area contributed by atoms with Crippen LogP contribution >= 0.6 is 0 Å². The van der Waals surface area contributed by atoms with Crippen LogP contribution in [0, 0.1) is 17.2 Å². The average molecular weight is 611 g/mol. The number of nitriles is 1. The third-order valence-electron chi connectivity index (χ3n) is 8.60. The van der Waals surface area contributed by atoms with E-state index < -0.39 is 27.9 Å². The third-order valence-corrected chi connectivity index (χ3v) is 10.2. The van der Waals surface area contributed by atoms with Crippen molar-refractivity contribution in [1.29, 1.82) is 5.26 Å². The second-order valence-electron chi connectivity index (χ2n) is 11.5. The van der Waals surface area contributed by atoms with Gasteiger partial charge in [-0.05, 0) is 62.1 Å². The van der Waals surface area contributed by atoms with Gasteiger partial charge in [-0.2, -0.15) is 14.0 Å². The smallest absolute Gasteiger partial charge is 0.387 e. The van der Waals surface area contributed by atoms with E-state index in [0.717, 1.165) is 24.1 Å². The largest absolute Gasteiger partial charge is 0.440 e. The predicted octanol–water partition coefficient (Wildman–Crippen LogP) is 5.29. The Morgan fingerprint density at radius 3 is 2.33 bits per heavy atom. The fourth-order valence-corrected chi connectivity index (χ4v) is 7.17. The first-order valence-electron chi connectivity index (χ1n) is 14.5. The Hall–Kier alpha value is -3.98. The van der Waals surface area contributed by atoms with Crippen LogP contribution in [0.25, 0.3) is 22.7 Å². The van der Waals surface area contributed by atoms with Crippen molar-refractivity contribution < 1.29 is 31.1 Å². The number of benzene rings is 2. The zero-order chi connectivity index (χ0) is 30.2. The Morgan fingerprint density at radius 1 is 1.05 bits per heavy atom. The number of anilines is 1. The van der Waals surface area contributed by atoms with Crippen LogP contribution in [0.15, 0.2) is 52.9 Å². The molecular weight excluding hydrogens is 578 g/mol. The molecule has 2 unspecified atom stereocenters. The molecule has 43 heavy (non-hydrogen) atoms. The lowest BCUT2D eigenvalue weighted by atomic mass is 9.76. The van der Waals surface area contributed by atoms with Gasteiger partial charge < -0.3 is 19.4 Å². The molecule has 2 aromatic carbocycles. The molecule has 9 nitrogen and oxygen atoms in total. The van der Waals surface area contributed by atoms with E-state index in [9.17, 15) is 27.3 Å². The van der Waals surface area contributed by atoms with Crippen LogP contribution in [0.2, 0.25) is 0 Å². The maximum absolute atomic E-state index is 13.5. The molecule has 12 heteroatoms. The summed E-state index contributed by atoms with van der Waals surface area (Å²) in [7, 11) is -3.01. The van der Waals surface area contributed by atoms with E-state index in [1.165, 1.54) is 12.1 Å². The summed E-state index contributed by atoms with van der Waals surface area (Å²) in [5.41, 5.74) is 2.05. The SMILES string of the molecule is N#CC1(NC(=O)C2CCCCC2c2oc(-c3ccc(OC(F)F)cc3)nc2-c2ccc(N3CCS(=O)(=O)CC3)cc2)CC1. The van der Waals surface area contributed by atoms with Gasteiger partial charge in [0.2, 0.25) is 11.8 Å². The minimum atomic E-state index is -3.01. The van der Waals surface area contributed by atoms with Gasteiger partial charge >= 0.3 is 6.61 Å². The minimum Gasteiger partial charge on any atom is -0.440 e. The lowest BCUT2D eigenvalue weighted by Gasteiger charge is -2.30. The number of carbonyl (C=O) groups is 1. The fraction of sp³-hybridized carbons (Fsp3) is 0.452. The number of nitrogens with zero attached hydrogens (tertiary/aromatic N) is 3. The Kier molecular flexibility index (Phi) is 7.85. The molecule has 226 valence electrons. The standard InChI is InChI=1S/C31H32F2N4O5S/c32-30(33)41-23-11-7-21(8-12-23)29-35-26(20-5-9-22(10-6-20)37-15-17-43(39,40)18-16-37)27(42-29)24-3-1-2-4-25(24)28(38)36-31(19-34)13-14-31/h5-12,24-25,30H,1-4,13-18H2,(H,36,38). The van der Waals surface area contributed by atoms with Gasteiger partial charge in [0.25, 0.3) is 0 Å².